The normalized spacial score (nSPS) is 12.7. The zero-order valence-corrected chi connectivity index (χ0v) is 15.8. The van der Waals surface area contributed by atoms with E-state index in [4.69, 9.17) is 9.47 Å². The van der Waals surface area contributed by atoms with Crippen molar-refractivity contribution in [2.45, 2.75) is 17.7 Å². The first kappa shape index (κ1) is 17.0. The lowest BCUT2D eigenvalue weighted by molar-refractivity contribution is 0.409. The van der Waals surface area contributed by atoms with E-state index in [-0.39, 0.29) is 4.21 Å². The van der Waals surface area contributed by atoms with Gasteiger partial charge in [0.15, 0.2) is 0 Å². The summed E-state index contributed by atoms with van der Waals surface area (Å²) in [7, 11) is -0.577. The van der Waals surface area contributed by atoms with Gasteiger partial charge < -0.3 is 14.0 Å². The molecule has 0 amide bonds. The molecule has 0 unspecified atom stereocenters. The number of nitrogens with zero attached hydrogens (tertiary/aromatic N) is 2. The predicted octanol–water partition coefficient (Wildman–Crippen LogP) is 3.09. The van der Waals surface area contributed by atoms with Gasteiger partial charge in [-0.15, -0.1) is 15.7 Å². The molecule has 2 heterocycles. The average Bonchev–Trinajstić information content (AvgIpc) is 3.21. The number of aryl methyl sites for hydroxylation is 1. The highest BCUT2D eigenvalue weighted by atomic mass is 32.2. The van der Waals surface area contributed by atoms with E-state index in [0.29, 0.717) is 22.8 Å². The first-order valence-electron chi connectivity index (χ1n) is 7.10. The lowest BCUT2D eigenvalue weighted by atomic mass is 10.3. The SMILES string of the molecule is CCn1c(=NS(=O)(=O)c2cccs2)sc2c(OC)ccc(OC)c21. The van der Waals surface area contributed by atoms with E-state index in [2.05, 4.69) is 4.40 Å². The predicted molar refractivity (Wildman–Crippen MR) is 95.7 cm³/mol. The molecule has 6 nitrogen and oxygen atoms in total. The molecule has 0 radical (unpaired) electrons. The molecule has 2 aromatic heterocycles. The number of rotatable bonds is 5. The Labute approximate surface area is 147 Å². The van der Waals surface area contributed by atoms with Gasteiger partial charge in [-0.05, 0) is 30.5 Å². The van der Waals surface area contributed by atoms with Crippen molar-refractivity contribution in [2.24, 2.45) is 4.40 Å². The van der Waals surface area contributed by atoms with Crippen LogP contribution in [0.4, 0.5) is 0 Å². The maximum absolute atomic E-state index is 12.5. The summed E-state index contributed by atoms with van der Waals surface area (Å²) in [5.74, 6) is 1.31. The number of thiophene rings is 1. The maximum Gasteiger partial charge on any atom is 0.294 e. The van der Waals surface area contributed by atoms with Gasteiger partial charge in [-0.1, -0.05) is 17.4 Å². The molecule has 0 saturated heterocycles. The fraction of sp³-hybridized carbons (Fsp3) is 0.267. The number of thiazole rings is 1. The summed E-state index contributed by atoms with van der Waals surface area (Å²) >= 11 is 2.42. The highest BCUT2D eigenvalue weighted by Crippen LogP contribution is 2.35. The third kappa shape index (κ3) is 2.83. The highest BCUT2D eigenvalue weighted by Gasteiger charge is 2.18. The van der Waals surface area contributed by atoms with Gasteiger partial charge in [0, 0.05) is 6.54 Å². The Morgan fingerprint density at radius 3 is 2.46 bits per heavy atom. The first-order valence-corrected chi connectivity index (χ1v) is 10.2. The number of ether oxygens (including phenoxy) is 2. The monoisotopic (exact) mass is 384 g/mol. The molecule has 0 saturated carbocycles. The molecule has 0 aliphatic carbocycles. The van der Waals surface area contributed by atoms with Crippen LogP contribution >= 0.6 is 22.7 Å². The lowest BCUT2D eigenvalue weighted by Crippen LogP contribution is -2.16. The molecule has 0 spiro atoms. The minimum Gasteiger partial charge on any atom is -0.495 e. The second-order valence-corrected chi connectivity index (χ2v) is 8.53. The smallest absolute Gasteiger partial charge is 0.294 e. The van der Waals surface area contributed by atoms with Crippen molar-refractivity contribution in [3.8, 4) is 11.5 Å². The van der Waals surface area contributed by atoms with Crippen LogP contribution in [0.25, 0.3) is 10.2 Å². The number of methoxy groups -OCH3 is 2. The van der Waals surface area contributed by atoms with Gasteiger partial charge in [-0.3, -0.25) is 0 Å². The van der Waals surface area contributed by atoms with E-state index in [1.165, 1.54) is 11.3 Å². The summed E-state index contributed by atoms with van der Waals surface area (Å²) < 4.78 is 42.7. The average molecular weight is 385 g/mol. The number of benzene rings is 1. The van der Waals surface area contributed by atoms with E-state index in [1.54, 1.807) is 43.9 Å². The van der Waals surface area contributed by atoms with Crippen LogP contribution in [0.15, 0.2) is 38.3 Å². The summed E-state index contributed by atoms with van der Waals surface area (Å²) in [5, 5.41) is 1.72. The van der Waals surface area contributed by atoms with Crippen LogP contribution in [0.2, 0.25) is 0 Å². The third-order valence-corrected chi connectivity index (χ3v) is 7.30. The van der Waals surface area contributed by atoms with Crippen molar-refractivity contribution in [3.05, 3.63) is 34.4 Å². The molecule has 128 valence electrons. The second-order valence-electron chi connectivity index (χ2n) is 4.78. The Bertz CT molecular complexity index is 1030. The van der Waals surface area contributed by atoms with Gasteiger partial charge >= 0.3 is 0 Å². The quantitative estimate of drug-likeness (QED) is 0.678. The Balaban J connectivity index is 2.35. The number of hydrogen-bond acceptors (Lipinski definition) is 6. The molecule has 24 heavy (non-hydrogen) atoms. The molecule has 0 fully saturated rings. The molecular weight excluding hydrogens is 368 g/mol. The zero-order chi connectivity index (χ0) is 17.3. The van der Waals surface area contributed by atoms with E-state index in [0.717, 1.165) is 21.6 Å². The van der Waals surface area contributed by atoms with Gasteiger partial charge in [0.1, 0.15) is 25.9 Å². The Hall–Kier alpha value is -1.84. The molecule has 3 rings (SSSR count). The summed E-state index contributed by atoms with van der Waals surface area (Å²) in [5.41, 5.74) is 0.782. The van der Waals surface area contributed by atoms with Crippen LogP contribution in [0.1, 0.15) is 6.92 Å². The Morgan fingerprint density at radius 1 is 1.17 bits per heavy atom. The van der Waals surface area contributed by atoms with Gasteiger partial charge in [-0.25, -0.2) is 0 Å². The van der Waals surface area contributed by atoms with Crippen LogP contribution in [0.3, 0.4) is 0 Å². The molecule has 0 aliphatic rings. The van der Waals surface area contributed by atoms with Gasteiger partial charge in [0.2, 0.25) is 4.80 Å². The number of sulfonamides is 1. The Kier molecular flexibility index (Phi) is 4.66. The van der Waals surface area contributed by atoms with E-state index >= 15 is 0 Å². The van der Waals surface area contributed by atoms with E-state index in [9.17, 15) is 8.42 Å². The van der Waals surface area contributed by atoms with Crippen molar-refractivity contribution in [1.82, 2.24) is 4.57 Å². The third-order valence-electron chi connectivity index (χ3n) is 3.46. The molecular formula is C15H16N2O4S3. The van der Waals surface area contributed by atoms with Crippen molar-refractivity contribution in [1.29, 1.82) is 0 Å². The summed E-state index contributed by atoms with van der Waals surface area (Å²) in [6.45, 7) is 2.49. The molecule has 0 atom stereocenters. The van der Waals surface area contributed by atoms with Crippen LogP contribution in [-0.4, -0.2) is 27.2 Å². The van der Waals surface area contributed by atoms with E-state index in [1.807, 2.05) is 11.5 Å². The van der Waals surface area contributed by atoms with Crippen LogP contribution < -0.4 is 14.3 Å². The van der Waals surface area contributed by atoms with Gasteiger partial charge in [-0.2, -0.15) is 8.42 Å². The summed E-state index contributed by atoms with van der Waals surface area (Å²) in [6, 6.07) is 6.85. The fourth-order valence-corrected chi connectivity index (χ4v) is 5.75. The summed E-state index contributed by atoms with van der Waals surface area (Å²) in [6.07, 6.45) is 0. The second kappa shape index (κ2) is 6.58. The largest absolute Gasteiger partial charge is 0.495 e. The fourth-order valence-electron chi connectivity index (χ4n) is 2.38. The van der Waals surface area contributed by atoms with Crippen molar-refractivity contribution in [2.75, 3.05) is 14.2 Å². The number of hydrogen-bond donors (Lipinski definition) is 0. The molecule has 3 aromatic rings. The minimum atomic E-state index is -3.74. The Morgan fingerprint density at radius 2 is 1.88 bits per heavy atom. The molecule has 9 heteroatoms. The standard InChI is InChI=1S/C15H16N2O4S3/c1-4-17-13-10(20-2)7-8-11(21-3)14(13)23-15(17)16-24(18,19)12-6-5-9-22-12/h5-9H,4H2,1-3H3. The molecule has 1 aromatic carbocycles. The minimum absolute atomic E-state index is 0.224. The lowest BCUT2D eigenvalue weighted by Gasteiger charge is -2.08. The van der Waals surface area contributed by atoms with Crippen LogP contribution in [0, 0.1) is 0 Å². The summed E-state index contributed by atoms with van der Waals surface area (Å²) in [4.78, 5) is 0.392. The molecule has 0 bridgehead atoms. The highest BCUT2D eigenvalue weighted by molar-refractivity contribution is 7.92. The molecule has 0 N–H and O–H groups in total. The number of fused-ring (bicyclic) bond motifs is 1. The van der Waals surface area contributed by atoms with Crippen LogP contribution in [-0.2, 0) is 16.6 Å². The van der Waals surface area contributed by atoms with Gasteiger partial charge in [0.05, 0.1) is 14.2 Å². The van der Waals surface area contributed by atoms with E-state index < -0.39 is 10.0 Å². The van der Waals surface area contributed by atoms with Crippen molar-refractivity contribution in [3.63, 3.8) is 0 Å². The zero-order valence-electron chi connectivity index (χ0n) is 13.3. The van der Waals surface area contributed by atoms with Crippen molar-refractivity contribution < 1.29 is 17.9 Å². The molecule has 0 aliphatic heterocycles. The topological polar surface area (TPSA) is 69.9 Å². The van der Waals surface area contributed by atoms with Crippen LogP contribution in [0.5, 0.6) is 11.5 Å². The number of aromatic nitrogens is 1. The van der Waals surface area contributed by atoms with Gasteiger partial charge in [0.25, 0.3) is 10.0 Å². The first-order chi connectivity index (χ1) is 11.5. The van der Waals surface area contributed by atoms with Crippen molar-refractivity contribution >= 4 is 42.9 Å². The maximum atomic E-state index is 12.5.